The second kappa shape index (κ2) is 8.42. The highest BCUT2D eigenvalue weighted by Gasteiger charge is 2.36. The predicted octanol–water partition coefficient (Wildman–Crippen LogP) is 1.91. The van der Waals surface area contributed by atoms with Crippen LogP contribution in [0.3, 0.4) is 0 Å². The maximum absolute atomic E-state index is 12.7. The Hall–Kier alpha value is -1.88. The van der Waals surface area contributed by atoms with Crippen LogP contribution < -0.4 is 10.0 Å². The average molecular weight is 411 g/mol. The van der Waals surface area contributed by atoms with E-state index in [1.54, 1.807) is 6.92 Å². The van der Waals surface area contributed by atoms with Gasteiger partial charge in [-0.25, -0.2) is 13.1 Å². The Kier molecular flexibility index (Phi) is 6.20. The van der Waals surface area contributed by atoms with Crippen molar-refractivity contribution >= 4 is 32.4 Å². The minimum Gasteiger partial charge on any atom is -0.381 e. The van der Waals surface area contributed by atoms with Gasteiger partial charge in [-0.1, -0.05) is 48.6 Å². The molecule has 1 aromatic heterocycles. The Morgan fingerprint density at radius 1 is 1.22 bits per heavy atom. The van der Waals surface area contributed by atoms with Crippen LogP contribution in [0.4, 0.5) is 5.13 Å². The van der Waals surface area contributed by atoms with Crippen molar-refractivity contribution in [1.82, 2.24) is 14.9 Å². The number of ether oxygens (including phenoxy) is 1. The number of carbonyl (C=O) groups is 1. The minimum atomic E-state index is -3.82. The molecule has 1 fully saturated rings. The minimum absolute atomic E-state index is 0.163. The fraction of sp³-hybridized carbons (Fsp3) is 0.471. The van der Waals surface area contributed by atoms with Gasteiger partial charge >= 0.3 is 0 Å². The number of anilines is 1. The summed E-state index contributed by atoms with van der Waals surface area (Å²) >= 11 is 0.836. The van der Waals surface area contributed by atoms with Gasteiger partial charge in [0.25, 0.3) is 10.0 Å². The number of hydrogen-bond donors (Lipinski definition) is 2. The fourth-order valence-electron chi connectivity index (χ4n) is 2.99. The van der Waals surface area contributed by atoms with E-state index in [0.29, 0.717) is 13.2 Å². The van der Waals surface area contributed by atoms with Crippen molar-refractivity contribution < 1.29 is 17.9 Å². The molecule has 8 nitrogen and oxygen atoms in total. The van der Waals surface area contributed by atoms with E-state index in [1.165, 1.54) is 0 Å². The first-order valence-corrected chi connectivity index (χ1v) is 11.0. The Balaban J connectivity index is 1.75. The molecule has 2 N–H and O–H groups in total. The molecule has 27 heavy (non-hydrogen) atoms. The van der Waals surface area contributed by atoms with Gasteiger partial charge in [-0.2, -0.15) is 0 Å². The fourth-order valence-corrected chi connectivity index (χ4v) is 5.08. The van der Waals surface area contributed by atoms with Gasteiger partial charge in [0.05, 0.1) is 0 Å². The summed E-state index contributed by atoms with van der Waals surface area (Å²) in [4.78, 5) is 11.4. The SMILES string of the molecule is CCC(=O)Nc1nnc(S(=O)(=O)NCC2(c3ccccc3)CCOCC2)s1. The normalized spacial score (nSPS) is 16.8. The molecule has 1 aromatic carbocycles. The molecular weight excluding hydrogens is 388 g/mol. The van der Waals surface area contributed by atoms with Gasteiger partial charge < -0.3 is 10.1 Å². The van der Waals surface area contributed by atoms with Crippen molar-refractivity contribution in [3.8, 4) is 0 Å². The molecule has 146 valence electrons. The van der Waals surface area contributed by atoms with Crippen LogP contribution in [0.5, 0.6) is 0 Å². The third-order valence-electron chi connectivity index (χ3n) is 4.64. The predicted molar refractivity (Wildman–Crippen MR) is 102 cm³/mol. The first-order chi connectivity index (χ1) is 13.0. The average Bonchev–Trinajstić information content (AvgIpc) is 3.17. The molecule has 1 amide bonds. The number of aromatic nitrogens is 2. The van der Waals surface area contributed by atoms with Gasteiger partial charge in [0.15, 0.2) is 0 Å². The van der Waals surface area contributed by atoms with E-state index in [2.05, 4.69) is 20.2 Å². The lowest BCUT2D eigenvalue weighted by Gasteiger charge is -2.37. The molecule has 0 atom stereocenters. The Bertz CT molecular complexity index is 877. The molecule has 0 radical (unpaired) electrons. The van der Waals surface area contributed by atoms with Crippen molar-refractivity contribution in [1.29, 1.82) is 0 Å². The molecule has 1 aliphatic rings. The van der Waals surface area contributed by atoms with Crippen LogP contribution in [0.1, 0.15) is 31.7 Å². The molecule has 2 aromatic rings. The first-order valence-electron chi connectivity index (χ1n) is 8.71. The number of carbonyl (C=O) groups excluding carboxylic acids is 1. The maximum Gasteiger partial charge on any atom is 0.269 e. The second-order valence-corrected chi connectivity index (χ2v) is 9.28. The molecule has 3 rings (SSSR count). The summed E-state index contributed by atoms with van der Waals surface area (Å²) in [7, 11) is -3.82. The van der Waals surface area contributed by atoms with Crippen LogP contribution in [0.15, 0.2) is 34.7 Å². The summed E-state index contributed by atoms with van der Waals surface area (Å²) in [5, 5.41) is 10.1. The lowest BCUT2D eigenvalue weighted by molar-refractivity contribution is -0.115. The monoisotopic (exact) mass is 410 g/mol. The Morgan fingerprint density at radius 3 is 2.59 bits per heavy atom. The summed E-state index contributed by atoms with van der Waals surface area (Å²) in [5.74, 6) is -0.242. The van der Waals surface area contributed by atoms with E-state index >= 15 is 0 Å². The molecule has 0 unspecified atom stereocenters. The molecule has 0 spiro atoms. The van der Waals surface area contributed by atoms with Crippen LogP contribution in [0.2, 0.25) is 0 Å². The molecule has 0 aliphatic carbocycles. The zero-order valence-electron chi connectivity index (χ0n) is 15.0. The van der Waals surface area contributed by atoms with Gasteiger partial charge in [0, 0.05) is 31.6 Å². The maximum atomic E-state index is 12.7. The van der Waals surface area contributed by atoms with Gasteiger partial charge in [-0.3, -0.25) is 4.79 Å². The third kappa shape index (κ3) is 4.70. The van der Waals surface area contributed by atoms with E-state index < -0.39 is 10.0 Å². The van der Waals surface area contributed by atoms with E-state index in [0.717, 1.165) is 29.7 Å². The largest absolute Gasteiger partial charge is 0.381 e. The lowest BCUT2D eigenvalue weighted by atomic mass is 9.74. The highest BCUT2D eigenvalue weighted by molar-refractivity contribution is 7.91. The molecule has 0 saturated carbocycles. The van der Waals surface area contributed by atoms with Gasteiger partial charge in [-0.05, 0) is 18.4 Å². The number of nitrogens with zero attached hydrogens (tertiary/aromatic N) is 2. The molecule has 2 heterocycles. The van der Waals surface area contributed by atoms with E-state index in [1.807, 2.05) is 30.3 Å². The van der Waals surface area contributed by atoms with Crippen LogP contribution in [0, 0.1) is 0 Å². The molecule has 0 bridgehead atoms. The zero-order valence-corrected chi connectivity index (χ0v) is 16.6. The van der Waals surface area contributed by atoms with Crippen molar-refractivity contribution in [2.75, 3.05) is 25.1 Å². The lowest BCUT2D eigenvalue weighted by Crippen LogP contribution is -2.44. The summed E-state index contributed by atoms with van der Waals surface area (Å²) in [6.07, 6.45) is 1.74. The van der Waals surface area contributed by atoms with Crippen molar-refractivity contribution in [3.05, 3.63) is 35.9 Å². The molecule has 10 heteroatoms. The molecule has 1 aliphatic heterocycles. The van der Waals surface area contributed by atoms with Gasteiger partial charge in [0.2, 0.25) is 15.4 Å². The van der Waals surface area contributed by atoms with Crippen molar-refractivity contribution in [3.63, 3.8) is 0 Å². The summed E-state index contributed by atoms with van der Waals surface area (Å²) in [6, 6.07) is 9.88. The highest BCUT2D eigenvalue weighted by atomic mass is 32.2. The van der Waals surface area contributed by atoms with E-state index in [9.17, 15) is 13.2 Å². The zero-order chi connectivity index (χ0) is 19.3. The third-order valence-corrected chi connectivity index (χ3v) is 7.25. The summed E-state index contributed by atoms with van der Waals surface area (Å²) in [6.45, 7) is 3.12. The standard InChI is InChI=1S/C17H22N4O4S2/c1-2-14(22)19-15-20-21-16(26-15)27(23,24)18-12-17(8-10-25-11-9-17)13-6-4-3-5-7-13/h3-7,18H,2,8-12H2,1H3,(H,19,20,22). The summed E-state index contributed by atoms with van der Waals surface area (Å²) in [5.41, 5.74) is 0.764. The van der Waals surface area contributed by atoms with E-state index in [4.69, 9.17) is 4.74 Å². The number of rotatable bonds is 7. The molecule has 1 saturated heterocycles. The van der Waals surface area contributed by atoms with E-state index in [-0.39, 0.29) is 33.8 Å². The highest BCUT2D eigenvalue weighted by Crippen LogP contribution is 2.34. The second-order valence-electron chi connectivity index (χ2n) is 6.36. The quantitative estimate of drug-likeness (QED) is 0.675. The number of nitrogens with one attached hydrogen (secondary N) is 2. The first kappa shape index (κ1) is 19.9. The smallest absolute Gasteiger partial charge is 0.269 e. The number of hydrogen-bond acceptors (Lipinski definition) is 7. The Morgan fingerprint density at radius 2 is 1.93 bits per heavy atom. The summed E-state index contributed by atoms with van der Waals surface area (Å²) < 4.78 is 33.3. The molecular formula is C17H22N4O4S2. The van der Waals surface area contributed by atoms with Crippen LogP contribution in [-0.2, 0) is 25.0 Å². The Labute approximate surface area is 162 Å². The van der Waals surface area contributed by atoms with Gasteiger partial charge in [0.1, 0.15) is 0 Å². The topological polar surface area (TPSA) is 110 Å². The van der Waals surface area contributed by atoms with Crippen molar-refractivity contribution in [2.24, 2.45) is 0 Å². The number of amides is 1. The van der Waals surface area contributed by atoms with Crippen LogP contribution in [0.25, 0.3) is 0 Å². The number of benzene rings is 1. The van der Waals surface area contributed by atoms with Crippen molar-refractivity contribution in [2.45, 2.75) is 35.9 Å². The van der Waals surface area contributed by atoms with Crippen LogP contribution >= 0.6 is 11.3 Å². The number of sulfonamides is 1. The van der Waals surface area contributed by atoms with Gasteiger partial charge in [-0.15, -0.1) is 10.2 Å². The van der Waals surface area contributed by atoms with Crippen LogP contribution in [-0.4, -0.2) is 44.3 Å².